The van der Waals surface area contributed by atoms with Crippen molar-refractivity contribution in [2.75, 3.05) is 45.5 Å². The average Bonchev–Trinajstić information content (AvgIpc) is 3.11. The standard InChI is InChI=1S/C16H32N4S.HI/c1-14(12-20-8-4-5-9-20)11-18-15(17-3)19-13-16(2)7-6-10-21-16;/h14H,4-13H2,1-3H3,(H2,17,18,19);1H. The van der Waals surface area contributed by atoms with E-state index in [1.165, 1.54) is 51.1 Å². The van der Waals surface area contributed by atoms with Gasteiger partial charge in [-0.25, -0.2) is 0 Å². The molecule has 0 aromatic heterocycles. The normalized spacial score (nSPS) is 27.5. The maximum Gasteiger partial charge on any atom is 0.191 e. The Hall–Kier alpha value is 0.310. The van der Waals surface area contributed by atoms with Crippen LogP contribution in [-0.4, -0.2) is 61.1 Å². The first kappa shape index (κ1) is 20.4. The zero-order chi connectivity index (χ0) is 15.1. The summed E-state index contributed by atoms with van der Waals surface area (Å²) >= 11 is 2.09. The Balaban J connectivity index is 0.00000242. The predicted octanol–water partition coefficient (Wildman–Crippen LogP) is 2.79. The minimum absolute atomic E-state index is 0. The molecule has 2 atom stereocenters. The molecule has 0 aliphatic carbocycles. The summed E-state index contributed by atoms with van der Waals surface area (Å²) < 4.78 is 0.388. The second-order valence-corrected chi connectivity index (χ2v) is 8.50. The van der Waals surface area contributed by atoms with Gasteiger partial charge in [-0.15, -0.1) is 24.0 Å². The molecule has 2 unspecified atom stereocenters. The highest BCUT2D eigenvalue weighted by molar-refractivity contribution is 14.0. The maximum absolute atomic E-state index is 4.36. The Kier molecular flexibility index (Phi) is 9.47. The lowest BCUT2D eigenvalue weighted by atomic mass is 10.1. The highest BCUT2D eigenvalue weighted by Gasteiger charge is 2.29. The van der Waals surface area contributed by atoms with E-state index in [2.05, 4.69) is 46.1 Å². The predicted molar refractivity (Wildman–Crippen MR) is 110 cm³/mol. The molecule has 0 amide bonds. The second-order valence-electron chi connectivity index (χ2n) is 6.82. The molecule has 2 rings (SSSR count). The molecule has 4 nitrogen and oxygen atoms in total. The number of aliphatic imine (C=N–C) groups is 1. The molecule has 2 saturated heterocycles. The summed E-state index contributed by atoms with van der Waals surface area (Å²) in [5.74, 6) is 2.92. The minimum Gasteiger partial charge on any atom is -0.356 e. The molecular formula is C16H33IN4S. The molecule has 0 radical (unpaired) electrons. The van der Waals surface area contributed by atoms with Gasteiger partial charge in [-0.05, 0) is 57.4 Å². The van der Waals surface area contributed by atoms with E-state index in [9.17, 15) is 0 Å². The van der Waals surface area contributed by atoms with Gasteiger partial charge in [0, 0.05) is 31.4 Å². The summed E-state index contributed by atoms with van der Waals surface area (Å²) in [4.78, 5) is 6.94. The van der Waals surface area contributed by atoms with Crippen LogP contribution in [0.5, 0.6) is 0 Å². The van der Waals surface area contributed by atoms with Crippen molar-refractivity contribution in [1.82, 2.24) is 15.5 Å². The number of guanidine groups is 1. The van der Waals surface area contributed by atoms with Gasteiger partial charge in [-0.1, -0.05) is 6.92 Å². The van der Waals surface area contributed by atoms with Crippen LogP contribution in [0.25, 0.3) is 0 Å². The molecular weight excluding hydrogens is 407 g/mol. The van der Waals surface area contributed by atoms with E-state index in [0.717, 1.165) is 19.0 Å². The number of likely N-dealkylation sites (tertiary alicyclic amines) is 1. The third kappa shape index (κ3) is 6.83. The molecule has 6 heteroatoms. The largest absolute Gasteiger partial charge is 0.356 e. The first-order valence-electron chi connectivity index (χ1n) is 8.42. The van der Waals surface area contributed by atoms with Crippen LogP contribution in [0.15, 0.2) is 4.99 Å². The van der Waals surface area contributed by atoms with Crippen molar-refractivity contribution in [3.63, 3.8) is 0 Å². The fourth-order valence-corrected chi connectivity index (χ4v) is 4.45. The van der Waals surface area contributed by atoms with Crippen molar-refractivity contribution in [2.45, 2.75) is 44.3 Å². The molecule has 2 fully saturated rings. The fraction of sp³-hybridized carbons (Fsp3) is 0.938. The lowest BCUT2D eigenvalue weighted by Crippen LogP contribution is -2.45. The molecule has 2 heterocycles. The van der Waals surface area contributed by atoms with Gasteiger partial charge in [0.25, 0.3) is 0 Å². The zero-order valence-corrected chi connectivity index (χ0v) is 17.5. The molecule has 0 saturated carbocycles. The summed E-state index contributed by atoms with van der Waals surface area (Å²) in [5.41, 5.74) is 0. The fourth-order valence-electron chi connectivity index (χ4n) is 3.21. The molecule has 0 spiro atoms. The third-order valence-corrected chi connectivity index (χ3v) is 6.08. The Labute approximate surface area is 157 Å². The van der Waals surface area contributed by atoms with Crippen LogP contribution in [0, 0.1) is 5.92 Å². The van der Waals surface area contributed by atoms with Crippen molar-refractivity contribution in [3.05, 3.63) is 0 Å². The minimum atomic E-state index is 0. The van der Waals surface area contributed by atoms with Gasteiger partial charge >= 0.3 is 0 Å². The Morgan fingerprint density at radius 3 is 2.59 bits per heavy atom. The monoisotopic (exact) mass is 440 g/mol. The van der Waals surface area contributed by atoms with Gasteiger partial charge in [-0.3, -0.25) is 4.99 Å². The van der Waals surface area contributed by atoms with Crippen molar-refractivity contribution < 1.29 is 0 Å². The SMILES string of the molecule is CN=C(NCC(C)CN1CCCC1)NCC1(C)CCCS1.I. The smallest absolute Gasteiger partial charge is 0.191 e. The van der Waals surface area contributed by atoms with E-state index >= 15 is 0 Å². The lowest BCUT2D eigenvalue weighted by Gasteiger charge is -2.25. The van der Waals surface area contributed by atoms with Crippen molar-refractivity contribution in [3.8, 4) is 0 Å². The molecule has 0 aromatic carbocycles. The number of rotatable bonds is 6. The van der Waals surface area contributed by atoms with E-state index < -0.39 is 0 Å². The first-order chi connectivity index (χ1) is 10.1. The van der Waals surface area contributed by atoms with Crippen LogP contribution in [0.4, 0.5) is 0 Å². The molecule has 2 aliphatic heterocycles. The number of thioether (sulfide) groups is 1. The van der Waals surface area contributed by atoms with Crippen molar-refractivity contribution >= 4 is 41.7 Å². The number of hydrogen-bond acceptors (Lipinski definition) is 3. The van der Waals surface area contributed by atoms with Crippen LogP contribution in [0.1, 0.15) is 39.5 Å². The molecule has 22 heavy (non-hydrogen) atoms. The van der Waals surface area contributed by atoms with Crippen LogP contribution < -0.4 is 10.6 Å². The van der Waals surface area contributed by atoms with Gasteiger partial charge < -0.3 is 15.5 Å². The topological polar surface area (TPSA) is 39.7 Å². The van der Waals surface area contributed by atoms with Crippen molar-refractivity contribution in [2.24, 2.45) is 10.9 Å². The van der Waals surface area contributed by atoms with E-state index in [1.54, 1.807) is 0 Å². The summed E-state index contributed by atoms with van der Waals surface area (Å²) in [5, 5.41) is 6.99. The lowest BCUT2D eigenvalue weighted by molar-refractivity contribution is 0.287. The Morgan fingerprint density at radius 1 is 1.27 bits per heavy atom. The highest BCUT2D eigenvalue weighted by Crippen LogP contribution is 2.36. The van der Waals surface area contributed by atoms with Crippen LogP contribution in [0.3, 0.4) is 0 Å². The molecule has 2 N–H and O–H groups in total. The molecule has 0 bridgehead atoms. The average molecular weight is 440 g/mol. The summed E-state index contributed by atoms with van der Waals surface area (Å²) in [6.07, 6.45) is 5.41. The van der Waals surface area contributed by atoms with Crippen LogP contribution in [0.2, 0.25) is 0 Å². The summed E-state index contributed by atoms with van der Waals surface area (Å²) in [7, 11) is 1.87. The second kappa shape index (κ2) is 10.2. The number of halogens is 1. The highest BCUT2D eigenvalue weighted by atomic mass is 127. The van der Waals surface area contributed by atoms with E-state index in [-0.39, 0.29) is 24.0 Å². The summed E-state index contributed by atoms with van der Waals surface area (Å²) in [6, 6.07) is 0. The molecule has 2 aliphatic rings. The van der Waals surface area contributed by atoms with Gasteiger partial charge in [0.2, 0.25) is 0 Å². The van der Waals surface area contributed by atoms with E-state index in [0.29, 0.717) is 10.7 Å². The van der Waals surface area contributed by atoms with Gasteiger partial charge in [0.05, 0.1) is 0 Å². The Morgan fingerprint density at radius 2 is 2.00 bits per heavy atom. The van der Waals surface area contributed by atoms with E-state index in [1.807, 2.05) is 7.05 Å². The third-order valence-electron chi connectivity index (χ3n) is 4.54. The summed E-state index contributed by atoms with van der Waals surface area (Å²) in [6.45, 7) is 10.5. The molecule has 0 aromatic rings. The van der Waals surface area contributed by atoms with Gasteiger partial charge in [0.15, 0.2) is 5.96 Å². The molecule has 130 valence electrons. The quantitative estimate of drug-likeness (QED) is 0.379. The number of hydrogen-bond donors (Lipinski definition) is 2. The first-order valence-corrected chi connectivity index (χ1v) is 9.41. The van der Waals surface area contributed by atoms with Gasteiger partial charge in [-0.2, -0.15) is 11.8 Å². The van der Waals surface area contributed by atoms with Crippen molar-refractivity contribution in [1.29, 1.82) is 0 Å². The van der Waals surface area contributed by atoms with E-state index in [4.69, 9.17) is 0 Å². The Bertz CT molecular complexity index is 339. The zero-order valence-electron chi connectivity index (χ0n) is 14.4. The number of nitrogens with one attached hydrogen (secondary N) is 2. The maximum atomic E-state index is 4.36. The van der Waals surface area contributed by atoms with Crippen LogP contribution in [-0.2, 0) is 0 Å². The van der Waals surface area contributed by atoms with Crippen LogP contribution >= 0.6 is 35.7 Å². The van der Waals surface area contributed by atoms with Gasteiger partial charge in [0.1, 0.15) is 0 Å². The number of nitrogens with zero attached hydrogens (tertiary/aromatic N) is 2.